The minimum absolute atomic E-state index is 0.278. The fraction of sp³-hybridized carbons (Fsp3) is 1.00. The van der Waals surface area contributed by atoms with Crippen molar-refractivity contribution in [3.63, 3.8) is 0 Å². The summed E-state index contributed by atoms with van der Waals surface area (Å²) >= 11 is 0. The van der Waals surface area contributed by atoms with Crippen LogP contribution in [0.3, 0.4) is 0 Å². The predicted octanol–water partition coefficient (Wildman–Crippen LogP) is -0.134. The highest BCUT2D eigenvalue weighted by Gasteiger charge is 1.96. The van der Waals surface area contributed by atoms with E-state index in [0.717, 1.165) is 0 Å². The Labute approximate surface area is 35.1 Å². The van der Waals surface area contributed by atoms with Crippen LogP contribution < -0.4 is 0 Å². The lowest BCUT2D eigenvalue weighted by Gasteiger charge is -1.96. The first-order valence-corrected chi connectivity index (χ1v) is 1.50. The van der Waals surface area contributed by atoms with E-state index >= 15 is 0 Å². The van der Waals surface area contributed by atoms with Gasteiger partial charge in [0.2, 0.25) is 0 Å². The van der Waals surface area contributed by atoms with Gasteiger partial charge < -0.3 is 10.3 Å². The number of hydrogen-bond acceptors (Lipinski definition) is 3. The zero-order chi connectivity index (χ0) is 5.15. The Morgan fingerprint density at radius 2 is 2.17 bits per heavy atom. The second-order valence-electron chi connectivity index (χ2n) is 0.958. The molecule has 6 heavy (non-hydrogen) atoms. The summed E-state index contributed by atoms with van der Waals surface area (Å²) in [5.74, 6) is 0. The number of aliphatic hydroxyl groups excluding tert-OH is 1. The molecule has 0 rings (SSSR count). The predicted molar refractivity (Wildman–Crippen MR) is 18.0 cm³/mol. The number of nitrogens with one attached hydrogen (secondary N) is 1. The quantitative estimate of drug-likeness (QED) is 0.204. The van der Waals surface area contributed by atoms with Crippen molar-refractivity contribution in [2.75, 3.05) is 0 Å². The van der Waals surface area contributed by atoms with Gasteiger partial charge in [0.1, 0.15) is 0 Å². The highest BCUT2D eigenvalue weighted by molar-refractivity contribution is 4.10. The van der Waals surface area contributed by atoms with E-state index in [-0.39, 0.29) is 4.86 Å². The monoisotopic (exact) mass is 90.0 g/mol. The summed E-state index contributed by atoms with van der Waals surface area (Å²) in [6.07, 6.45) is -1.20. The second-order valence-corrected chi connectivity index (χ2v) is 0.958. The molecule has 0 heterocycles. The molecule has 4 nitrogen and oxygen atoms in total. The van der Waals surface area contributed by atoms with Crippen LogP contribution >= 0.6 is 0 Å². The van der Waals surface area contributed by atoms with E-state index in [4.69, 9.17) is 10.6 Å². The van der Waals surface area contributed by atoms with Gasteiger partial charge in [-0.2, -0.15) is 0 Å². The van der Waals surface area contributed by atoms with Crippen LogP contribution in [0.5, 0.6) is 0 Å². The van der Waals surface area contributed by atoms with E-state index in [2.05, 4.69) is 0 Å². The van der Waals surface area contributed by atoms with Crippen LogP contribution in [0, 0.1) is 10.7 Å². The van der Waals surface area contributed by atoms with Crippen LogP contribution in [0.4, 0.5) is 0 Å². The highest BCUT2D eigenvalue weighted by atomic mass is 16.5. The molecule has 0 amide bonds. The van der Waals surface area contributed by atoms with Gasteiger partial charge in [-0.15, -0.1) is 0 Å². The lowest BCUT2D eigenvalue weighted by molar-refractivity contribution is -0.625. The summed E-state index contributed by atoms with van der Waals surface area (Å²) in [6.45, 7) is 1.22. The van der Waals surface area contributed by atoms with E-state index in [1.165, 1.54) is 6.92 Å². The molecule has 36 valence electrons. The Balaban J connectivity index is 3.26. The van der Waals surface area contributed by atoms with Crippen LogP contribution in [0.2, 0.25) is 0 Å². The number of hydroxylamine groups is 1. The van der Waals surface area contributed by atoms with Crippen LogP contribution in [0.25, 0.3) is 0 Å². The SMILES string of the molecule is CC(O)[N+](=N)[O-]. The van der Waals surface area contributed by atoms with E-state index in [9.17, 15) is 5.21 Å². The third kappa shape index (κ3) is 1.66. The van der Waals surface area contributed by atoms with Gasteiger partial charge in [0.15, 0.2) is 0 Å². The minimum atomic E-state index is -1.20. The topological polar surface area (TPSA) is 70.2 Å². The minimum Gasteiger partial charge on any atom is -0.598 e. The van der Waals surface area contributed by atoms with E-state index < -0.39 is 6.23 Å². The smallest absolute Gasteiger partial charge is 0.288 e. The second kappa shape index (κ2) is 1.71. The summed E-state index contributed by atoms with van der Waals surface area (Å²) in [5.41, 5.74) is 6.06. The Hall–Kier alpha value is -0.640. The van der Waals surface area contributed by atoms with Crippen molar-refractivity contribution in [2.24, 2.45) is 0 Å². The lowest BCUT2D eigenvalue weighted by atomic mass is 10.7. The first kappa shape index (κ1) is 5.36. The van der Waals surface area contributed by atoms with E-state index in [1.807, 2.05) is 0 Å². The van der Waals surface area contributed by atoms with Gasteiger partial charge in [-0.1, -0.05) is 4.86 Å². The molecule has 0 aromatic heterocycles. The highest BCUT2D eigenvalue weighted by Crippen LogP contribution is 1.75. The molecule has 0 aromatic carbocycles. The standard InChI is InChI=1S/C2H6N2O2/c1-2(5)4(3)6/h2-3,5H,1H3. The maximum Gasteiger partial charge on any atom is 0.288 e. The van der Waals surface area contributed by atoms with Crippen molar-refractivity contribution >= 4 is 0 Å². The van der Waals surface area contributed by atoms with Crippen LogP contribution in [-0.2, 0) is 0 Å². The summed E-state index contributed by atoms with van der Waals surface area (Å²) < 4.78 is 0. The summed E-state index contributed by atoms with van der Waals surface area (Å²) in [4.78, 5) is -0.278. The normalized spacial score (nSPS) is 13.7. The average Bonchev–Trinajstić information content (AvgIpc) is 1.36. The van der Waals surface area contributed by atoms with Gasteiger partial charge in [-0.25, -0.2) is 0 Å². The molecule has 0 radical (unpaired) electrons. The van der Waals surface area contributed by atoms with Crippen molar-refractivity contribution < 1.29 is 9.97 Å². The fourth-order valence-corrected chi connectivity index (χ4v) is 0. The zero-order valence-electron chi connectivity index (χ0n) is 3.38. The molecule has 0 aliphatic heterocycles. The van der Waals surface area contributed by atoms with Crippen molar-refractivity contribution in [2.45, 2.75) is 13.2 Å². The number of hydrogen-bond donors (Lipinski definition) is 2. The first-order chi connectivity index (χ1) is 2.64. The molecular weight excluding hydrogens is 84.0 g/mol. The third-order valence-electron chi connectivity index (χ3n) is 0.339. The molecule has 1 atom stereocenters. The van der Waals surface area contributed by atoms with Crippen molar-refractivity contribution in [3.05, 3.63) is 5.21 Å². The molecule has 1 unspecified atom stereocenters. The van der Waals surface area contributed by atoms with Crippen molar-refractivity contribution in [1.29, 1.82) is 5.53 Å². The van der Waals surface area contributed by atoms with Gasteiger partial charge in [0.05, 0.1) is 0 Å². The molecule has 0 aliphatic rings. The molecule has 0 fully saturated rings. The largest absolute Gasteiger partial charge is 0.598 e. The van der Waals surface area contributed by atoms with Gasteiger partial charge in [0.25, 0.3) is 6.23 Å². The molecule has 0 saturated carbocycles. The van der Waals surface area contributed by atoms with Crippen molar-refractivity contribution in [1.82, 2.24) is 0 Å². The number of nitrogens with zero attached hydrogens (tertiary/aromatic N) is 1. The van der Waals surface area contributed by atoms with Crippen LogP contribution in [0.15, 0.2) is 0 Å². The summed E-state index contributed by atoms with van der Waals surface area (Å²) in [6, 6.07) is 0. The first-order valence-electron chi connectivity index (χ1n) is 1.50. The number of rotatable bonds is 1. The molecule has 0 aliphatic carbocycles. The fourth-order valence-electron chi connectivity index (χ4n) is 0. The van der Waals surface area contributed by atoms with Gasteiger partial charge in [0, 0.05) is 6.92 Å². The van der Waals surface area contributed by atoms with Crippen molar-refractivity contribution in [3.8, 4) is 0 Å². The van der Waals surface area contributed by atoms with E-state index in [0.29, 0.717) is 0 Å². The molecule has 0 spiro atoms. The molecule has 0 aromatic rings. The van der Waals surface area contributed by atoms with Crippen LogP contribution in [0.1, 0.15) is 6.92 Å². The summed E-state index contributed by atoms with van der Waals surface area (Å²) in [5, 5.41) is 17.5. The maximum absolute atomic E-state index is 9.48. The molecular formula is C2H6N2O2. The Morgan fingerprint density at radius 3 is 2.17 bits per heavy atom. The van der Waals surface area contributed by atoms with Crippen LogP contribution in [-0.4, -0.2) is 16.2 Å². The Kier molecular flexibility index (Phi) is 1.53. The summed E-state index contributed by atoms with van der Waals surface area (Å²) in [7, 11) is 0. The van der Waals surface area contributed by atoms with E-state index in [1.54, 1.807) is 0 Å². The average molecular weight is 90.1 g/mol. The molecule has 4 heteroatoms. The molecule has 0 bridgehead atoms. The van der Waals surface area contributed by atoms with Gasteiger partial charge in [-0.05, 0) is 5.53 Å². The molecule has 0 saturated heterocycles. The third-order valence-corrected chi connectivity index (χ3v) is 0.339. The lowest BCUT2D eigenvalue weighted by Crippen LogP contribution is -2.12. The van der Waals surface area contributed by atoms with Gasteiger partial charge in [-0.3, -0.25) is 0 Å². The Morgan fingerprint density at radius 1 is 2.00 bits per heavy atom. The maximum atomic E-state index is 9.48. The number of aliphatic hydroxyl groups is 1. The molecule has 2 N–H and O–H groups in total. The van der Waals surface area contributed by atoms with Gasteiger partial charge >= 0.3 is 0 Å². The Bertz CT molecular complexity index is 60.6. The zero-order valence-corrected chi connectivity index (χ0v) is 3.38.